The molecular weight excluding hydrogens is 293 g/mol. The summed E-state index contributed by atoms with van der Waals surface area (Å²) in [6, 6.07) is 0. The quantitative estimate of drug-likeness (QED) is 0.689. The van der Waals surface area contributed by atoms with Crippen molar-refractivity contribution < 1.29 is 10.6 Å². The van der Waals surface area contributed by atoms with Crippen molar-refractivity contribution in [1.82, 2.24) is 0 Å². The van der Waals surface area contributed by atoms with Crippen LogP contribution in [0, 0.1) is 0 Å². The van der Waals surface area contributed by atoms with Crippen molar-refractivity contribution >= 4 is 24.5 Å². The zero-order chi connectivity index (χ0) is 5.54. The third-order valence-electron chi connectivity index (χ3n) is 0.291. The van der Waals surface area contributed by atoms with Gasteiger partial charge in [0.2, 0.25) is 0 Å². The van der Waals surface area contributed by atoms with Crippen molar-refractivity contribution in [2.75, 3.05) is 20.3 Å². The second-order valence-electron chi connectivity index (χ2n) is 0.780. The molecule has 0 aliphatic carbocycles. The zero-order valence-electron chi connectivity index (χ0n) is 4.09. The van der Waals surface area contributed by atoms with Crippen LogP contribution in [0.5, 0.6) is 0 Å². The Morgan fingerprint density at radius 2 is 2.43 bits per heavy atom. The van der Waals surface area contributed by atoms with Gasteiger partial charge in [-0.25, -0.2) is 0 Å². The molecule has 0 unspecified atom stereocenters. The van der Waals surface area contributed by atoms with E-state index in [1.807, 2.05) is 0 Å². The predicted molar refractivity (Wildman–Crippen MR) is 25.8 cm³/mol. The monoisotopic (exact) mass is 301 g/mol. The summed E-state index contributed by atoms with van der Waals surface area (Å²) in [6.45, 7) is 0.530. The Labute approximate surface area is 55.7 Å². The van der Waals surface area contributed by atoms with E-state index in [1.54, 1.807) is 7.11 Å². The fraction of sp³-hybridized carbons (Fsp3) is 1.00. The molecule has 3 nitrogen and oxygen atoms in total. The minimum atomic E-state index is -0.952. The molecule has 0 atom stereocenters. The number of aliphatic hydroxyl groups is 1. The van der Waals surface area contributed by atoms with Crippen LogP contribution in [0.1, 0.15) is 0 Å². The van der Waals surface area contributed by atoms with E-state index in [4.69, 9.17) is 7.88 Å². The Kier molecular flexibility index (Phi) is 7.53. The van der Waals surface area contributed by atoms with Crippen molar-refractivity contribution in [2.24, 2.45) is 0 Å². The van der Waals surface area contributed by atoms with Crippen LogP contribution < -0.4 is 0 Å². The summed E-state index contributed by atoms with van der Waals surface area (Å²) in [7, 11) is 1.61. The van der Waals surface area contributed by atoms with E-state index in [1.165, 1.54) is 0 Å². The van der Waals surface area contributed by atoms with Gasteiger partial charge in [0.25, 0.3) is 0 Å². The zero-order valence-corrected chi connectivity index (χ0v) is 7.26. The van der Waals surface area contributed by atoms with E-state index in [0.717, 1.165) is 0 Å². The van der Waals surface area contributed by atoms with Gasteiger partial charge in [-0.1, -0.05) is 0 Å². The van der Waals surface area contributed by atoms with Crippen LogP contribution in [0.25, 0.3) is 0 Å². The summed E-state index contributed by atoms with van der Waals surface area (Å²) < 4.78 is 9.50. The minimum absolute atomic E-state index is 0.101. The summed E-state index contributed by atoms with van der Waals surface area (Å²) in [5.41, 5.74) is 0. The van der Waals surface area contributed by atoms with E-state index in [0.29, 0.717) is 6.61 Å². The fourth-order valence-corrected chi connectivity index (χ4v) is 1.05. The molecule has 44 valence electrons. The summed E-state index contributed by atoms with van der Waals surface area (Å²) >= 11 is -0.952. The van der Waals surface area contributed by atoms with E-state index >= 15 is 0 Å². The second-order valence-corrected chi connectivity index (χ2v) is 3.52. The van der Waals surface area contributed by atoms with Gasteiger partial charge >= 0.3 is 55.4 Å². The van der Waals surface area contributed by atoms with Gasteiger partial charge in [0.05, 0.1) is 0 Å². The molecule has 0 amide bonds. The van der Waals surface area contributed by atoms with Crippen LogP contribution in [0.15, 0.2) is 0 Å². The third kappa shape index (κ3) is 6.78. The number of hydrogen-bond acceptors (Lipinski definition) is 3. The van der Waals surface area contributed by atoms with Crippen LogP contribution in [0.4, 0.5) is 0 Å². The van der Waals surface area contributed by atoms with Crippen molar-refractivity contribution in [1.29, 1.82) is 0 Å². The fourth-order valence-electron chi connectivity index (χ4n) is 0.119. The average molecular weight is 301 g/mol. The molecule has 0 saturated heterocycles. The standard InChI is InChI=1S/C2H5O2.CH3O.Po/c3-1-2-4;1-2;/h3H,1-2H2;1H3;/q2*-1;+2. The summed E-state index contributed by atoms with van der Waals surface area (Å²) in [5.74, 6) is 0. The van der Waals surface area contributed by atoms with Crippen LogP contribution in [-0.4, -0.2) is 49.9 Å². The molecule has 0 heterocycles. The van der Waals surface area contributed by atoms with Gasteiger partial charge < -0.3 is 0 Å². The van der Waals surface area contributed by atoms with Gasteiger partial charge in [0.1, 0.15) is 0 Å². The number of aliphatic hydroxyl groups excluding tert-OH is 1. The van der Waals surface area contributed by atoms with Gasteiger partial charge in [-0.15, -0.1) is 0 Å². The molecule has 0 fully saturated rings. The van der Waals surface area contributed by atoms with Crippen molar-refractivity contribution in [3.05, 3.63) is 0 Å². The van der Waals surface area contributed by atoms with Crippen LogP contribution >= 0.6 is 0 Å². The molecular formula is C3H8O3Po. The molecule has 0 saturated carbocycles. The van der Waals surface area contributed by atoms with E-state index in [-0.39, 0.29) is 6.61 Å². The van der Waals surface area contributed by atoms with Crippen molar-refractivity contribution in [3.63, 3.8) is 0 Å². The topological polar surface area (TPSA) is 38.7 Å². The predicted octanol–water partition coefficient (Wildman–Crippen LogP) is -0.824. The molecule has 0 aromatic heterocycles. The van der Waals surface area contributed by atoms with E-state index in [9.17, 15) is 0 Å². The van der Waals surface area contributed by atoms with Crippen LogP contribution in [0.2, 0.25) is 0 Å². The summed E-state index contributed by atoms with van der Waals surface area (Å²) in [4.78, 5) is 0. The summed E-state index contributed by atoms with van der Waals surface area (Å²) in [5, 5.41) is 8.14. The van der Waals surface area contributed by atoms with Crippen LogP contribution in [0.3, 0.4) is 0 Å². The van der Waals surface area contributed by atoms with E-state index < -0.39 is 24.5 Å². The maximum atomic E-state index is 8.14. The Morgan fingerprint density at radius 1 is 1.71 bits per heavy atom. The summed E-state index contributed by atoms with van der Waals surface area (Å²) in [6.07, 6.45) is 0. The molecule has 1 N–H and O–H groups in total. The molecule has 0 rings (SSSR count). The Balaban J connectivity index is 2.45. The molecule has 4 heteroatoms. The third-order valence-corrected chi connectivity index (χ3v) is 1.84. The Morgan fingerprint density at radius 3 is 2.86 bits per heavy atom. The van der Waals surface area contributed by atoms with Crippen molar-refractivity contribution in [3.8, 4) is 0 Å². The molecule has 7 heavy (non-hydrogen) atoms. The Bertz CT molecular complexity index is 29.4. The van der Waals surface area contributed by atoms with Gasteiger partial charge in [0, 0.05) is 0 Å². The van der Waals surface area contributed by atoms with Crippen molar-refractivity contribution in [2.45, 2.75) is 0 Å². The molecule has 0 aromatic carbocycles. The first-order chi connectivity index (χ1) is 3.41. The SMILES string of the molecule is C[O][Po][O]CCO. The van der Waals surface area contributed by atoms with Gasteiger partial charge in [-0.3, -0.25) is 0 Å². The van der Waals surface area contributed by atoms with Gasteiger partial charge in [0.15, 0.2) is 0 Å². The molecule has 0 spiro atoms. The molecule has 0 aliphatic heterocycles. The first kappa shape index (κ1) is 7.78. The molecule has 0 radical (unpaired) electrons. The van der Waals surface area contributed by atoms with Gasteiger partial charge in [-0.05, 0) is 0 Å². The average Bonchev–Trinajstić information content (AvgIpc) is 1.69. The number of hydrogen-bond donors (Lipinski definition) is 1. The maximum absolute atomic E-state index is 8.14. The first-order valence-corrected chi connectivity index (χ1v) is 4.44. The number of rotatable bonds is 4. The second kappa shape index (κ2) is 6.78. The molecule has 0 aromatic rings. The molecule has 0 bridgehead atoms. The Hall–Kier alpha value is 0.776. The molecule has 0 aliphatic rings. The first-order valence-electron chi connectivity index (χ1n) is 1.85. The van der Waals surface area contributed by atoms with Crippen LogP contribution in [-0.2, 0) is 5.54 Å². The normalized spacial score (nSPS) is 9.43. The van der Waals surface area contributed by atoms with E-state index in [2.05, 4.69) is 2.77 Å². The van der Waals surface area contributed by atoms with Gasteiger partial charge in [-0.2, -0.15) is 0 Å².